The monoisotopic (exact) mass is 275 g/mol. The standard InChI is InChI=1S/C13H17N5O2/c1-10-4-3-5-11(14-10)8-17(2)6-7-18-9-12(13(19)20)15-16-18/h3-5,9H,6-8H2,1-2H3,(H,19,20). The van der Waals surface area contributed by atoms with Crippen molar-refractivity contribution in [2.45, 2.75) is 20.0 Å². The molecule has 2 heterocycles. The minimum Gasteiger partial charge on any atom is -0.476 e. The van der Waals surface area contributed by atoms with Gasteiger partial charge in [-0.3, -0.25) is 14.6 Å². The molecule has 0 amide bonds. The summed E-state index contributed by atoms with van der Waals surface area (Å²) in [6, 6.07) is 5.94. The summed E-state index contributed by atoms with van der Waals surface area (Å²) in [5.74, 6) is -1.06. The third-order valence-corrected chi connectivity index (χ3v) is 2.85. The van der Waals surface area contributed by atoms with E-state index in [-0.39, 0.29) is 5.69 Å². The highest BCUT2D eigenvalue weighted by Gasteiger charge is 2.08. The predicted molar refractivity (Wildman–Crippen MR) is 72.3 cm³/mol. The topological polar surface area (TPSA) is 84.1 Å². The Labute approximate surface area is 116 Å². The van der Waals surface area contributed by atoms with Crippen molar-refractivity contribution in [2.75, 3.05) is 13.6 Å². The number of carbonyl (C=O) groups is 1. The van der Waals surface area contributed by atoms with Crippen LogP contribution in [0.1, 0.15) is 21.9 Å². The van der Waals surface area contributed by atoms with Crippen LogP contribution < -0.4 is 0 Å². The zero-order chi connectivity index (χ0) is 14.5. The van der Waals surface area contributed by atoms with E-state index >= 15 is 0 Å². The lowest BCUT2D eigenvalue weighted by atomic mass is 10.3. The van der Waals surface area contributed by atoms with Crippen LogP contribution in [0.5, 0.6) is 0 Å². The summed E-state index contributed by atoms with van der Waals surface area (Å²) in [7, 11) is 1.99. The Morgan fingerprint density at radius 3 is 2.90 bits per heavy atom. The SMILES string of the molecule is Cc1cccc(CN(C)CCn2cc(C(=O)O)nn2)n1. The first-order valence-electron chi connectivity index (χ1n) is 6.29. The summed E-state index contributed by atoms with van der Waals surface area (Å²) in [6.07, 6.45) is 1.43. The molecule has 7 heteroatoms. The van der Waals surface area contributed by atoms with Crippen LogP contribution in [-0.4, -0.2) is 49.5 Å². The largest absolute Gasteiger partial charge is 0.476 e. The van der Waals surface area contributed by atoms with Gasteiger partial charge in [0.2, 0.25) is 0 Å². The molecule has 0 aliphatic heterocycles. The van der Waals surface area contributed by atoms with Crippen molar-refractivity contribution < 1.29 is 9.90 Å². The predicted octanol–water partition coefficient (Wildman–Crippen LogP) is 0.812. The molecule has 106 valence electrons. The summed E-state index contributed by atoms with van der Waals surface area (Å²) in [6.45, 7) is 4.02. The first kappa shape index (κ1) is 14.1. The van der Waals surface area contributed by atoms with E-state index in [4.69, 9.17) is 5.11 Å². The Bertz CT molecular complexity index is 596. The highest BCUT2D eigenvalue weighted by atomic mass is 16.4. The molecular formula is C13H17N5O2. The highest BCUT2D eigenvalue weighted by molar-refractivity contribution is 5.84. The Balaban J connectivity index is 1.85. The summed E-state index contributed by atoms with van der Waals surface area (Å²) >= 11 is 0. The number of rotatable bonds is 6. The fraction of sp³-hybridized carbons (Fsp3) is 0.385. The summed E-state index contributed by atoms with van der Waals surface area (Å²) in [5.41, 5.74) is 1.98. The molecule has 0 saturated heterocycles. The van der Waals surface area contributed by atoms with Gasteiger partial charge < -0.3 is 5.11 Å². The molecule has 1 N–H and O–H groups in total. The normalized spacial score (nSPS) is 10.9. The van der Waals surface area contributed by atoms with Gasteiger partial charge in [-0.1, -0.05) is 11.3 Å². The highest BCUT2D eigenvalue weighted by Crippen LogP contribution is 2.02. The summed E-state index contributed by atoms with van der Waals surface area (Å²) in [4.78, 5) is 17.2. The van der Waals surface area contributed by atoms with E-state index in [0.29, 0.717) is 6.54 Å². The van der Waals surface area contributed by atoms with Crippen molar-refractivity contribution in [1.82, 2.24) is 24.9 Å². The number of aromatic carboxylic acids is 1. The molecule has 0 aromatic carbocycles. The van der Waals surface area contributed by atoms with Crippen LogP contribution in [-0.2, 0) is 13.1 Å². The first-order valence-corrected chi connectivity index (χ1v) is 6.29. The molecular weight excluding hydrogens is 258 g/mol. The fourth-order valence-electron chi connectivity index (χ4n) is 1.82. The maximum atomic E-state index is 10.7. The van der Waals surface area contributed by atoms with E-state index in [1.807, 2.05) is 32.2 Å². The molecule has 0 unspecified atom stereocenters. The Hall–Kier alpha value is -2.28. The lowest BCUT2D eigenvalue weighted by molar-refractivity contribution is 0.0690. The van der Waals surface area contributed by atoms with Gasteiger partial charge in [-0.05, 0) is 26.1 Å². The van der Waals surface area contributed by atoms with E-state index in [2.05, 4.69) is 20.2 Å². The molecule has 7 nitrogen and oxygen atoms in total. The molecule has 0 radical (unpaired) electrons. The van der Waals surface area contributed by atoms with Crippen molar-refractivity contribution in [3.63, 3.8) is 0 Å². The summed E-state index contributed by atoms with van der Waals surface area (Å²) in [5, 5.41) is 16.1. The average molecular weight is 275 g/mol. The zero-order valence-electron chi connectivity index (χ0n) is 11.5. The second-order valence-corrected chi connectivity index (χ2v) is 4.68. The van der Waals surface area contributed by atoms with Gasteiger partial charge in [0, 0.05) is 18.8 Å². The second kappa shape index (κ2) is 6.25. The van der Waals surface area contributed by atoms with Gasteiger partial charge in [-0.2, -0.15) is 0 Å². The zero-order valence-corrected chi connectivity index (χ0v) is 11.5. The smallest absolute Gasteiger partial charge is 0.358 e. The summed E-state index contributed by atoms with van der Waals surface area (Å²) < 4.78 is 1.53. The molecule has 0 saturated carbocycles. The van der Waals surface area contributed by atoms with Gasteiger partial charge in [0.15, 0.2) is 5.69 Å². The number of nitrogens with zero attached hydrogens (tertiary/aromatic N) is 5. The maximum absolute atomic E-state index is 10.7. The Kier molecular flexibility index (Phi) is 4.41. The quantitative estimate of drug-likeness (QED) is 0.840. The molecule has 0 fully saturated rings. The average Bonchev–Trinajstić information content (AvgIpc) is 2.85. The molecule has 2 rings (SSSR count). The van der Waals surface area contributed by atoms with Gasteiger partial charge in [-0.25, -0.2) is 4.79 Å². The van der Waals surface area contributed by atoms with Crippen LogP contribution in [0, 0.1) is 6.92 Å². The third-order valence-electron chi connectivity index (χ3n) is 2.85. The van der Waals surface area contributed by atoms with Gasteiger partial charge in [0.25, 0.3) is 0 Å². The van der Waals surface area contributed by atoms with E-state index in [1.54, 1.807) is 0 Å². The molecule has 0 aliphatic rings. The number of carboxylic acids is 1. The van der Waals surface area contributed by atoms with Crippen molar-refractivity contribution in [3.05, 3.63) is 41.5 Å². The minimum absolute atomic E-state index is 0.0343. The lowest BCUT2D eigenvalue weighted by Gasteiger charge is -2.15. The number of hydrogen-bond acceptors (Lipinski definition) is 5. The van der Waals surface area contributed by atoms with Crippen molar-refractivity contribution >= 4 is 5.97 Å². The molecule has 2 aromatic rings. The Morgan fingerprint density at radius 2 is 2.25 bits per heavy atom. The van der Waals surface area contributed by atoms with Crippen molar-refractivity contribution in [3.8, 4) is 0 Å². The lowest BCUT2D eigenvalue weighted by Crippen LogP contribution is -2.23. The first-order chi connectivity index (χ1) is 9.54. The number of pyridine rings is 1. The van der Waals surface area contributed by atoms with Crippen LogP contribution in [0.15, 0.2) is 24.4 Å². The van der Waals surface area contributed by atoms with Crippen molar-refractivity contribution in [2.24, 2.45) is 0 Å². The Morgan fingerprint density at radius 1 is 1.45 bits per heavy atom. The van der Waals surface area contributed by atoms with Gasteiger partial charge >= 0.3 is 5.97 Å². The van der Waals surface area contributed by atoms with Crippen LogP contribution >= 0.6 is 0 Å². The van der Waals surface area contributed by atoms with Crippen LogP contribution in [0.4, 0.5) is 0 Å². The van der Waals surface area contributed by atoms with E-state index < -0.39 is 5.97 Å². The number of aromatic nitrogens is 4. The third kappa shape index (κ3) is 3.86. The maximum Gasteiger partial charge on any atom is 0.358 e. The van der Waals surface area contributed by atoms with Gasteiger partial charge in [0.05, 0.1) is 18.4 Å². The van der Waals surface area contributed by atoms with E-state index in [9.17, 15) is 4.79 Å². The second-order valence-electron chi connectivity index (χ2n) is 4.68. The van der Waals surface area contributed by atoms with Crippen LogP contribution in [0.25, 0.3) is 0 Å². The minimum atomic E-state index is -1.06. The fourth-order valence-corrected chi connectivity index (χ4v) is 1.82. The molecule has 2 aromatic heterocycles. The van der Waals surface area contributed by atoms with E-state index in [1.165, 1.54) is 10.9 Å². The number of carboxylic acid groups (broad SMARTS) is 1. The van der Waals surface area contributed by atoms with Crippen molar-refractivity contribution in [1.29, 1.82) is 0 Å². The number of likely N-dealkylation sites (N-methyl/N-ethyl adjacent to an activating group) is 1. The molecule has 20 heavy (non-hydrogen) atoms. The van der Waals surface area contributed by atoms with Gasteiger partial charge in [0.1, 0.15) is 0 Å². The number of hydrogen-bond donors (Lipinski definition) is 1. The molecule has 0 bridgehead atoms. The van der Waals surface area contributed by atoms with Gasteiger partial charge in [-0.15, -0.1) is 5.10 Å². The van der Waals surface area contributed by atoms with E-state index in [0.717, 1.165) is 24.5 Å². The number of aryl methyl sites for hydroxylation is 1. The molecule has 0 aliphatic carbocycles. The van der Waals surface area contributed by atoms with Crippen LogP contribution in [0.3, 0.4) is 0 Å². The molecule has 0 atom stereocenters. The van der Waals surface area contributed by atoms with Crippen LogP contribution in [0.2, 0.25) is 0 Å². The molecule has 0 spiro atoms.